The van der Waals surface area contributed by atoms with E-state index in [1.54, 1.807) is 51.3 Å². The fourth-order valence-corrected chi connectivity index (χ4v) is 6.98. The molecule has 1 amide bonds. The van der Waals surface area contributed by atoms with E-state index in [2.05, 4.69) is 10.1 Å². The van der Waals surface area contributed by atoms with Gasteiger partial charge in [-0.15, -0.1) is 34.7 Å². The highest BCUT2D eigenvalue weighted by Crippen LogP contribution is 2.46. The number of esters is 1. The normalized spacial score (nSPS) is 18.6. The van der Waals surface area contributed by atoms with Crippen molar-refractivity contribution in [2.75, 3.05) is 5.75 Å². The molecule has 1 aromatic carbocycles. The Bertz CT molecular complexity index is 1720. The quantitative estimate of drug-likeness (QED) is 0.0643. The third-order valence-corrected chi connectivity index (χ3v) is 9.58. The number of halogens is 1. The predicted molar refractivity (Wildman–Crippen MR) is 180 cm³/mol. The van der Waals surface area contributed by atoms with E-state index >= 15 is 0 Å². The number of nitrogens with zero attached hydrogens (tertiary/aromatic N) is 4. The van der Waals surface area contributed by atoms with Crippen molar-refractivity contribution < 1.29 is 33.7 Å². The van der Waals surface area contributed by atoms with E-state index in [0.717, 1.165) is 0 Å². The average Bonchev–Trinajstić information content (AvgIpc) is 3.42. The molecule has 250 valence electrons. The lowest BCUT2D eigenvalue weighted by Gasteiger charge is -2.49. The Labute approximate surface area is 285 Å². The molecule has 0 bridgehead atoms. The second kappa shape index (κ2) is 14.1. The standard InChI is InChI=1S/C32H35ClN4O8S2/c1-17(38)27-21(11-10-20-9-8-19(14-33)12-24(20)37(42)43)15-47-29-22(28(40)36(27)29)13-25(39)26(23-16-46-18(2)34-23)35-45-32(6,7)30(41)44-31(3,4)5/h8-12,16,22,29H,13-15H2,1-7H3/b11-10?,35-26-/t22-,29-/m1/s1. The van der Waals surface area contributed by atoms with Crippen LogP contribution in [0.15, 0.2) is 46.1 Å². The first-order valence-electron chi connectivity index (χ1n) is 14.6. The molecule has 0 aliphatic carbocycles. The highest BCUT2D eigenvalue weighted by molar-refractivity contribution is 8.00. The van der Waals surface area contributed by atoms with Crippen molar-refractivity contribution in [1.82, 2.24) is 9.88 Å². The number of amides is 1. The lowest BCUT2D eigenvalue weighted by Crippen LogP contribution is -2.61. The second-order valence-electron chi connectivity index (χ2n) is 12.5. The van der Waals surface area contributed by atoms with E-state index in [1.807, 2.05) is 0 Å². The summed E-state index contributed by atoms with van der Waals surface area (Å²) >= 11 is 8.52. The molecular weight excluding hydrogens is 668 g/mol. The molecule has 47 heavy (non-hydrogen) atoms. The lowest BCUT2D eigenvalue weighted by molar-refractivity contribution is -0.385. The zero-order chi connectivity index (χ0) is 34.8. The van der Waals surface area contributed by atoms with Crippen LogP contribution in [0.25, 0.3) is 6.08 Å². The number of β-lactam (4-membered cyclic amide) rings is 1. The molecule has 3 heterocycles. The van der Waals surface area contributed by atoms with E-state index in [4.69, 9.17) is 21.2 Å². The van der Waals surface area contributed by atoms with Crippen molar-refractivity contribution in [2.45, 2.75) is 77.3 Å². The molecule has 4 rings (SSSR count). The molecule has 15 heteroatoms. The first kappa shape index (κ1) is 36.0. The summed E-state index contributed by atoms with van der Waals surface area (Å²) in [7, 11) is 0. The highest BCUT2D eigenvalue weighted by atomic mass is 35.5. The number of aromatic nitrogens is 1. The van der Waals surface area contributed by atoms with Crippen molar-refractivity contribution in [2.24, 2.45) is 11.1 Å². The Balaban J connectivity index is 1.56. The molecule has 0 unspecified atom stereocenters. The number of oxime groups is 1. The number of nitro groups is 1. The topological polar surface area (TPSA) is 158 Å². The van der Waals surface area contributed by atoms with Gasteiger partial charge in [0.2, 0.25) is 11.5 Å². The van der Waals surface area contributed by atoms with E-state index < -0.39 is 45.1 Å². The zero-order valence-electron chi connectivity index (χ0n) is 27.0. The van der Waals surface area contributed by atoms with E-state index in [0.29, 0.717) is 27.5 Å². The minimum Gasteiger partial charge on any atom is -0.457 e. The minimum absolute atomic E-state index is 0.122. The maximum absolute atomic E-state index is 13.7. The van der Waals surface area contributed by atoms with Crippen LogP contribution in [0.5, 0.6) is 0 Å². The predicted octanol–water partition coefficient (Wildman–Crippen LogP) is 5.99. The van der Waals surface area contributed by atoms with Crippen LogP contribution in [0.3, 0.4) is 0 Å². The molecule has 0 saturated carbocycles. The van der Waals surface area contributed by atoms with Crippen molar-refractivity contribution in [3.8, 4) is 0 Å². The number of aryl methyl sites for hydroxylation is 1. The van der Waals surface area contributed by atoms with Gasteiger partial charge < -0.3 is 9.57 Å². The van der Waals surface area contributed by atoms with Gasteiger partial charge in [0, 0.05) is 36.4 Å². The molecule has 2 aromatic rings. The van der Waals surface area contributed by atoms with Crippen LogP contribution in [0, 0.1) is 23.0 Å². The number of thioether (sulfide) groups is 1. The summed E-state index contributed by atoms with van der Waals surface area (Å²) in [5, 5.41) is 17.5. The van der Waals surface area contributed by atoms with Gasteiger partial charge >= 0.3 is 5.97 Å². The number of carbonyl (C=O) groups is 4. The summed E-state index contributed by atoms with van der Waals surface area (Å²) < 4.78 is 5.42. The van der Waals surface area contributed by atoms with Crippen LogP contribution in [-0.4, -0.2) is 66.3 Å². The van der Waals surface area contributed by atoms with Crippen LogP contribution >= 0.6 is 34.7 Å². The van der Waals surface area contributed by atoms with Gasteiger partial charge in [0.25, 0.3) is 5.69 Å². The van der Waals surface area contributed by atoms with Gasteiger partial charge in [0.05, 0.1) is 32.5 Å². The molecule has 2 atom stereocenters. The summed E-state index contributed by atoms with van der Waals surface area (Å²) in [6.45, 7) is 11.2. The first-order valence-corrected chi connectivity index (χ1v) is 17.0. The van der Waals surface area contributed by atoms with Crippen molar-refractivity contribution in [1.29, 1.82) is 0 Å². The molecule has 12 nitrogen and oxygen atoms in total. The first-order chi connectivity index (χ1) is 21.9. The smallest absolute Gasteiger partial charge is 0.353 e. The van der Waals surface area contributed by atoms with Gasteiger partial charge in [0.15, 0.2) is 17.3 Å². The van der Waals surface area contributed by atoms with Gasteiger partial charge in [0.1, 0.15) is 11.3 Å². The number of hydrogen-bond acceptors (Lipinski definition) is 12. The monoisotopic (exact) mass is 702 g/mol. The van der Waals surface area contributed by atoms with E-state index in [1.165, 1.54) is 60.9 Å². The van der Waals surface area contributed by atoms with Crippen LogP contribution in [0.2, 0.25) is 0 Å². The molecule has 2 aliphatic heterocycles. The molecule has 0 radical (unpaired) electrons. The summed E-state index contributed by atoms with van der Waals surface area (Å²) in [4.78, 5) is 75.1. The van der Waals surface area contributed by atoms with Gasteiger partial charge in [-0.3, -0.25) is 29.4 Å². The Morgan fingerprint density at radius 1 is 1.21 bits per heavy atom. The maximum Gasteiger partial charge on any atom is 0.353 e. The summed E-state index contributed by atoms with van der Waals surface area (Å²) in [6, 6.07) is 4.66. The fraction of sp³-hybridized carbons (Fsp3) is 0.438. The van der Waals surface area contributed by atoms with Gasteiger partial charge in [-0.25, -0.2) is 9.78 Å². The highest BCUT2D eigenvalue weighted by Gasteiger charge is 2.53. The van der Waals surface area contributed by atoms with Crippen molar-refractivity contribution >= 4 is 75.6 Å². The number of fused-ring (bicyclic) bond motifs is 1. The van der Waals surface area contributed by atoms with Gasteiger partial charge in [-0.1, -0.05) is 17.3 Å². The Kier molecular flexibility index (Phi) is 10.8. The SMILES string of the molecule is CC(=O)C1=C(C=Cc2ccc(CCl)cc2[N+](=O)[O-])CS[C@@H]2[C@H](CC(=O)/C(=N\OC(C)(C)C(=O)OC(C)(C)C)c3csc(C)n3)C(=O)N12. The number of rotatable bonds is 12. The molecule has 1 aromatic heterocycles. The number of carbonyl (C=O) groups excluding carboxylic acids is 4. The number of alkyl halides is 1. The van der Waals surface area contributed by atoms with Crippen molar-refractivity contribution in [3.05, 3.63) is 72.9 Å². The van der Waals surface area contributed by atoms with Crippen molar-refractivity contribution in [3.63, 3.8) is 0 Å². The Hall–Kier alpha value is -3.88. The number of nitro benzene ring substituents is 1. The largest absolute Gasteiger partial charge is 0.457 e. The molecule has 0 spiro atoms. The van der Waals surface area contributed by atoms with Crippen LogP contribution in [0.4, 0.5) is 5.69 Å². The Morgan fingerprint density at radius 2 is 1.91 bits per heavy atom. The summed E-state index contributed by atoms with van der Waals surface area (Å²) in [5.41, 5.74) is -0.662. The summed E-state index contributed by atoms with van der Waals surface area (Å²) in [6.07, 6.45) is 2.92. The maximum atomic E-state index is 13.7. The fourth-order valence-electron chi connectivity index (χ4n) is 4.83. The van der Waals surface area contributed by atoms with Crippen LogP contribution in [0.1, 0.15) is 69.8 Å². The zero-order valence-corrected chi connectivity index (χ0v) is 29.4. The van der Waals surface area contributed by atoms with E-state index in [9.17, 15) is 29.3 Å². The number of thiazole rings is 1. The van der Waals surface area contributed by atoms with Crippen LogP contribution < -0.4 is 0 Å². The molecule has 0 N–H and O–H groups in total. The van der Waals surface area contributed by atoms with Gasteiger partial charge in [-0.05, 0) is 64.8 Å². The van der Waals surface area contributed by atoms with Crippen LogP contribution in [-0.2, 0) is 34.6 Å². The third kappa shape index (κ3) is 8.17. The summed E-state index contributed by atoms with van der Waals surface area (Å²) in [5.74, 6) is -2.24. The molecule has 1 saturated heterocycles. The number of hydrogen-bond donors (Lipinski definition) is 0. The number of allylic oxidation sites excluding steroid dienone is 2. The second-order valence-corrected chi connectivity index (χ2v) is 14.9. The third-order valence-electron chi connectivity index (χ3n) is 7.14. The van der Waals surface area contributed by atoms with E-state index in [-0.39, 0.29) is 40.9 Å². The minimum atomic E-state index is -1.52. The number of benzene rings is 1. The Morgan fingerprint density at radius 3 is 2.49 bits per heavy atom. The number of ketones is 2. The molecule has 1 fully saturated rings. The molecular formula is C32H35ClN4O8S2. The van der Waals surface area contributed by atoms with Gasteiger partial charge in [-0.2, -0.15) is 0 Å². The number of ether oxygens (including phenoxy) is 1. The molecule has 2 aliphatic rings. The lowest BCUT2D eigenvalue weighted by atomic mass is 9.88. The average molecular weight is 703 g/mol. The number of Topliss-reactive ketones (excluding diaryl/α,β-unsaturated/α-hetero) is 2.